The molecule has 2 aromatic rings. The molecule has 3 rings (SSSR count). The van der Waals surface area contributed by atoms with E-state index >= 15 is 0 Å². The number of nitrogens with one attached hydrogen (secondary N) is 2. The van der Waals surface area contributed by atoms with E-state index in [0.717, 1.165) is 25.7 Å². The van der Waals surface area contributed by atoms with Crippen molar-refractivity contribution in [3.63, 3.8) is 0 Å². The lowest BCUT2D eigenvalue weighted by atomic mass is 10.2. The van der Waals surface area contributed by atoms with E-state index in [2.05, 4.69) is 20.6 Å². The van der Waals surface area contributed by atoms with Crippen LogP contribution in [0.4, 0.5) is 11.6 Å². The number of halogens is 2. The highest BCUT2D eigenvalue weighted by atomic mass is 35.5. The van der Waals surface area contributed by atoms with Gasteiger partial charge in [-0.25, -0.2) is 9.97 Å². The first-order valence-corrected chi connectivity index (χ1v) is 8.23. The Morgan fingerprint density at radius 2 is 1.96 bits per heavy atom. The van der Waals surface area contributed by atoms with Gasteiger partial charge in [0.05, 0.1) is 10.7 Å². The number of rotatable bonds is 4. The summed E-state index contributed by atoms with van der Waals surface area (Å²) in [5.74, 6) is 0.118. The SMILES string of the molecule is O=C(NC1CCCC1)c1ccnc(Nc2cc(Cl)ccc2Cl)n1. The Bertz CT molecular complexity index is 717. The number of hydrogen-bond donors (Lipinski definition) is 2. The van der Waals surface area contributed by atoms with E-state index in [9.17, 15) is 4.79 Å². The number of carbonyl (C=O) groups excluding carboxylic acids is 1. The average Bonchev–Trinajstić information content (AvgIpc) is 3.04. The molecule has 0 radical (unpaired) electrons. The maximum Gasteiger partial charge on any atom is 0.270 e. The van der Waals surface area contributed by atoms with Crippen molar-refractivity contribution in [3.05, 3.63) is 46.2 Å². The number of hydrogen-bond acceptors (Lipinski definition) is 4. The van der Waals surface area contributed by atoms with Crippen LogP contribution in [0.5, 0.6) is 0 Å². The van der Waals surface area contributed by atoms with E-state index < -0.39 is 0 Å². The third-order valence-electron chi connectivity index (χ3n) is 3.75. The predicted molar refractivity (Wildman–Crippen MR) is 91.5 cm³/mol. The van der Waals surface area contributed by atoms with E-state index in [1.165, 1.54) is 6.20 Å². The number of aromatic nitrogens is 2. The highest BCUT2D eigenvalue weighted by Gasteiger charge is 2.19. The molecule has 1 aliphatic carbocycles. The van der Waals surface area contributed by atoms with Crippen molar-refractivity contribution in [2.75, 3.05) is 5.32 Å². The number of benzene rings is 1. The first-order valence-electron chi connectivity index (χ1n) is 7.48. The molecule has 1 aromatic carbocycles. The standard InChI is InChI=1S/C16H16Cl2N4O/c17-10-5-6-12(18)14(9-10)22-16-19-8-7-13(21-16)15(23)20-11-3-1-2-4-11/h5-9,11H,1-4H2,(H,20,23)(H,19,21,22). The van der Waals surface area contributed by atoms with Gasteiger partial charge in [0.15, 0.2) is 0 Å². The monoisotopic (exact) mass is 350 g/mol. The normalized spacial score (nSPS) is 14.7. The van der Waals surface area contributed by atoms with E-state index in [-0.39, 0.29) is 11.9 Å². The van der Waals surface area contributed by atoms with Gasteiger partial charge < -0.3 is 10.6 Å². The molecule has 23 heavy (non-hydrogen) atoms. The zero-order valence-corrected chi connectivity index (χ0v) is 13.9. The van der Waals surface area contributed by atoms with Gasteiger partial charge in [0.25, 0.3) is 5.91 Å². The number of nitrogens with zero attached hydrogens (tertiary/aromatic N) is 2. The molecule has 120 valence electrons. The quantitative estimate of drug-likeness (QED) is 0.866. The molecule has 0 unspecified atom stereocenters. The second kappa shape index (κ2) is 7.15. The van der Waals surface area contributed by atoms with E-state index in [4.69, 9.17) is 23.2 Å². The average molecular weight is 351 g/mol. The lowest BCUT2D eigenvalue weighted by Gasteiger charge is -2.12. The fraction of sp³-hybridized carbons (Fsp3) is 0.312. The van der Waals surface area contributed by atoms with Gasteiger partial charge in [-0.05, 0) is 37.1 Å². The van der Waals surface area contributed by atoms with E-state index in [0.29, 0.717) is 27.4 Å². The first-order chi connectivity index (χ1) is 11.1. The summed E-state index contributed by atoms with van der Waals surface area (Å²) in [5.41, 5.74) is 0.917. The van der Waals surface area contributed by atoms with Crippen molar-refractivity contribution in [2.24, 2.45) is 0 Å². The van der Waals surface area contributed by atoms with Crippen molar-refractivity contribution in [3.8, 4) is 0 Å². The molecule has 1 aromatic heterocycles. The molecule has 0 spiro atoms. The van der Waals surface area contributed by atoms with Crippen LogP contribution in [0.3, 0.4) is 0 Å². The number of amides is 1. The van der Waals surface area contributed by atoms with Crippen molar-refractivity contribution < 1.29 is 4.79 Å². The van der Waals surface area contributed by atoms with Crippen molar-refractivity contribution in [1.82, 2.24) is 15.3 Å². The summed E-state index contributed by atoms with van der Waals surface area (Å²) in [6.07, 6.45) is 5.92. The minimum absolute atomic E-state index is 0.181. The third-order valence-corrected chi connectivity index (χ3v) is 4.32. The predicted octanol–water partition coefficient (Wildman–Crippen LogP) is 4.20. The minimum Gasteiger partial charge on any atom is -0.348 e. The smallest absolute Gasteiger partial charge is 0.270 e. The van der Waals surface area contributed by atoms with Gasteiger partial charge in [-0.15, -0.1) is 0 Å². The van der Waals surface area contributed by atoms with Crippen LogP contribution in [-0.4, -0.2) is 21.9 Å². The van der Waals surface area contributed by atoms with Gasteiger partial charge in [-0.3, -0.25) is 4.79 Å². The molecule has 1 aliphatic rings. The Hall–Kier alpha value is -1.85. The van der Waals surface area contributed by atoms with Crippen LogP contribution in [0.25, 0.3) is 0 Å². The van der Waals surface area contributed by atoms with Crippen molar-refractivity contribution >= 4 is 40.7 Å². The molecule has 2 N–H and O–H groups in total. The first kappa shape index (κ1) is 16.0. The summed E-state index contributed by atoms with van der Waals surface area (Å²) >= 11 is 12.1. The maximum atomic E-state index is 12.3. The Balaban J connectivity index is 1.74. The van der Waals surface area contributed by atoms with Crippen molar-refractivity contribution in [2.45, 2.75) is 31.7 Å². The molecule has 1 fully saturated rings. The number of carbonyl (C=O) groups is 1. The van der Waals surface area contributed by atoms with Crippen LogP contribution in [0.1, 0.15) is 36.2 Å². The Kier molecular flexibility index (Phi) is 4.98. The van der Waals surface area contributed by atoms with E-state index in [1.54, 1.807) is 24.3 Å². The molecule has 7 heteroatoms. The van der Waals surface area contributed by atoms with Crippen LogP contribution < -0.4 is 10.6 Å². The Morgan fingerprint density at radius 3 is 2.74 bits per heavy atom. The topological polar surface area (TPSA) is 66.9 Å². The maximum absolute atomic E-state index is 12.3. The lowest BCUT2D eigenvalue weighted by molar-refractivity contribution is 0.0933. The summed E-state index contributed by atoms with van der Waals surface area (Å²) in [6.45, 7) is 0. The summed E-state index contributed by atoms with van der Waals surface area (Å²) in [5, 5.41) is 7.03. The molecular weight excluding hydrogens is 335 g/mol. The fourth-order valence-corrected chi connectivity index (χ4v) is 2.93. The second-order valence-electron chi connectivity index (χ2n) is 5.47. The molecule has 0 atom stereocenters. The van der Waals surface area contributed by atoms with Crippen LogP contribution in [0, 0.1) is 0 Å². The van der Waals surface area contributed by atoms with Crippen molar-refractivity contribution in [1.29, 1.82) is 0 Å². The molecule has 1 heterocycles. The molecule has 5 nitrogen and oxygen atoms in total. The molecule has 0 saturated heterocycles. The fourth-order valence-electron chi connectivity index (χ4n) is 2.59. The largest absolute Gasteiger partial charge is 0.348 e. The van der Waals surface area contributed by atoms with E-state index in [1.807, 2.05) is 0 Å². The number of anilines is 2. The van der Waals surface area contributed by atoms with Gasteiger partial charge in [-0.1, -0.05) is 36.0 Å². The zero-order chi connectivity index (χ0) is 16.2. The van der Waals surface area contributed by atoms with Crippen LogP contribution in [0.15, 0.2) is 30.5 Å². The third kappa shape index (κ3) is 4.12. The Labute approximate surface area is 144 Å². The molecule has 0 bridgehead atoms. The summed E-state index contributed by atoms with van der Waals surface area (Å²) in [7, 11) is 0. The van der Waals surface area contributed by atoms with Crippen LogP contribution in [-0.2, 0) is 0 Å². The van der Waals surface area contributed by atoms with Crippen LogP contribution in [0.2, 0.25) is 10.0 Å². The van der Waals surface area contributed by atoms with Crippen LogP contribution >= 0.6 is 23.2 Å². The molecule has 1 amide bonds. The molecular formula is C16H16Cl2N4O. The van der Waals surface area contributed by atoms with Gasteiger partial charge in [0, 0.05) is 17.3 Å². The van der Waals surface area contributed by atoms with Gasteiger partial charge in [0.2, 0.25) is 5.95 Å². The zero-order valence-electron chi connectivity index (χ0n) is 12.4. The molecule has 0 aliphatic heterocycles. The van der Waals surface area contributed by atoms with Gasteiger partial charge in [0.1, 0.15) is 5.69 Å². The summed E-state index contributed by atoms with van der Waals surface area (Å²) in [4.78, 5) is 20.6. The van der Waals surface area contributed by atoms with Gasteiger partial charge in [-0.2, -0.15) is 0 Å². The summed E-state index contributed by atoms with van der Waals surface area (Å²) < 4.78 is 0. The Morgan fingerprint density at radius 1 is 1.17 bits per heavy atom. The highest BCUT2D eigenvalue weighted by molar-refractivity contribution is 6.35. The minimum atomic E-state index is -0.181. The second-order valence-corrected chi connectivity index (χ2v) is 6.31. The lowest BCUT2D eigenvalue weighted by Crippen LogP contribution is -2.33. The highest BCUT2D eigenvalue weighted by Crippen LogP contribution is 2.27. The molecule has 1 saturated carbocycles. The summed E-state index contributed by atoms with van der Waals surface area (Å²) in [6, 6.07) is 6.90. The van der Waals surface area contributed by atoms with Gasteiger partial charge >= 0.3 is 0 Å².